The molecular formula is C17H15N5O. The van der Waals surface area contributed by atoms with Crippen LogP contribution in [-0.4, -0.2) is 25.0 Å². The minimum atomic E-state index is 0.590. The van der Waals surface area contributed by atoms with Crippen LogP contribution in [0.1, 0.15) is 0 Å². The normalized spacial score (nSPS) is 11.0. The van der Waals surface area contributed by atoms with E-state index in [9.17, 15) is 0 Å². The first-order valence-electron chi connectivity index (χ1n) is 7.22. The smallest absolute Gasteiger partial charge is 0.135 e. The maximum Gasteiger partial charge on any atom is 0.135 e. The Hall–Kier alpha value is -3.12. The van der Waals surface area contributed by atoms with Crippen LogP contribution in [0.2, 0.25) is 0 Å². The molecule has 0 saturated carbocycles. The van der Waals surface area contributed by atoms with Crippen LogP contribution in [-0.2, 0) is 7.05 Å². The Morgan fingerprint density at radius 1 is 1.13 bits per heavy atom. The highest BCUT2D eigenvalue weighted by Crippen LogP contribution is 2.33. The number of hydrogen-bond acceptors (Lipinski definition) is 4. The fraction of sp³-hybridized carbons (Fsp3) is 0.0588. The molecular weight excluding hydrogens is 290 g/mol. The van der Waals surface area contributed by atoms with E-state index in [0.29, 0.717) is 5.82 Å². The summed E-state index contributed by atoms with van der Waals surface area (Å²) in [6, 6.07) is 9.99. The highest BCUT2D eigenvalue weighted by Gasteiger charge is 2.13. The summed E-state index contributed by atoms with van der Waals surface area (Å²) in [5, 5.41) is 15.6. The van der Waals surface area contributed by atoms with Crippen molar-refractivity contribution in [2.75, 3.05) is 5.48 Å². The number of aromatic nitrogens is 4. The van der Waals surface area contributed by atoms with E-state index in [1.165, 1.54) is 0 Å². The molecule has 0 saturated heterocycles. The number of H-pyrrole nitrogens is 1. The number of rotatable bonds is 3. The van der Waals surface area contributed by atoms with Gasteiger partial charge in [-0.05, 0) is 29.8 Å². The zero-order chi connectivity index (χ0) is 15.8. The lowest BCUT2D eigenvalue weighted by molar-refractivity contribution is 0.387. The highest BCUT2D eigenvalue weighted by molar-refractivity contribution is 5.96. The first-order valence-corrected chi connectivity index (χ1v) is 7.22. The number of nitrogens with one attached hydrogen (secondary N) is 2. The van der Waals surface area contributed by atoms with Crippen LogP contribution in [0.15, 0.2) is 55.1 Å². The molecule has 23 heavy (non-hydrogen) atoms. The largest absolute Gasteiger partial charge is 0.346 e. The molecule has 0 bridgehead atoms. The summed E-state index contributed by atoms with van der Waals surface area (Å²) in [5.74, 6) is 0.590. The van der Waals surface area contributed by atoms with Crippen LogP contribution in [0.4, 0.5) is 5.82 Å². The van der Waals surface area contributed by atoms with Gasteiger partial charge in [-0.15, -0.1) is 0 Å². The maximum atomic E-state index is 9.11. The molecule has 6 heteroatoms. The topological polar surface area (TPSA) is 78.8 Å². The second-order valence-corrected chi connectivity index (χ2v) is 5.38. The second kappa shape index (κ2) is 5.26. The van der Waals surface area contributed by atoms with E-state index >= 15 is 0 Å². The van der Waals surface area contributed by atoms with E-state index in [2.05, 4.69) is 26.6 Å². The molecule has 0 aliphatic rings. The van der Waals surface area contributed by atoms with Crippen molar-refractivity contribution in [2.24, 2.45) is 7.05 Å². The summed E-state index contributed by atoms with van der Waals surface area (Å²) in [6.45, 7) is 0. The first kappa shape index (κ1) is 13.5. The number of pyridine rings is 1. The molecule has 3 heterocycles. The number of anilines is 1. The molecule has 0 aliphatic heterocycles. The third-order valence-electron chi connectivity index (χ3n) is 3.90. The molecule has 114 valence electrons. The quantitative estimate of drug-likeness (QED) is 0.507. The number of nitrogens with zero attached hydrogens (tertiary/aromatic N) is 3. The van der Waals surface area contributed by atoms with Gasteiger partial charge < -0.3 is 4.98 Å². The average Bonchev–Trinajstić information content (AvgIpc) is 3.18. The molecule has 4 rings (SSSR count). The third kappa shape index (κ3) is 2.25. The number of fused-ring (bicyclic) bond motifs is 1. The lowest BCUT2D eigenvalue weighted by Crippen LogP contribution is -1.88. The lowest BCUT2D eigenvalue weighted by Gasteiger charge is -2.03. The molecule has 3 N–H and O–H groups in total. The van der Waals surface area contributed by atoms with E-state index in [1.54, 1.807) is 12.4 Å². The molecule has 0 spiro atoms. The molecule has 0 atom stereocenters. The summed E-state index contributed by atoms with van der Waals surface area (Å²) >= 11 is 0. The van der Waals surface area contributed by atoms with Crippen molar-refractivity contribution in [2.45, 2.75) is 0 Å². The van der Waals surface area contributed by atoms with Crippen molar-refractivity contribution < 1.29 is 5.21 Å². The standard InChI is InChI=1S/C17H15N5O/c1-22-10-15(16(20-22)11-4-6-18-7-5-11)12-2-3-14-13(8-12)9-19-17(14)21-23/h2-10,19,21,23H,1H3. The van der Waals surface area contributed by atoms with Gasteiger partial charge in [-0.25, -0.2) is 0 Å². The van der Waals surface area contributed by atoms with Crippen LogP contribution in [0.25, 0.3) is 33.2 Å². The van der Waals surface area contributed by atoms with Gasteiger partial charge in [0.05, 0.1) is 0 Å². The number of benzene rings is 1. The number of aryl methyl sites for hydroxylation is 1. The Kier molecular flexibility index (Phi) is 3.09. The van der Waals surface area contributed by atoms with Crippen LogP contribution in [0.5, 0.6) is 0 Å². The predicted octanol–water partition coefficient (Wildman–Crippen LogP) is 3.43. The molecule has 6 nitrogen and oxygen atoms in total. The summed E-state index contributed by atoms with van der Waals surface area (Å²) in [5.41, 5.74) is 6.25. The van der Waals surface area contributed by atoms with Gasteiger partial charge in [0.15, 0.2) is 0 Å². The van der Waals surface area contributed by atoms with E-state index in [4.69, 9.17) is 5.21 Å². The minimum Gasteiger partial charge on any atom is -0.346 e. The van der Waals surface area contributed by atoms with Gasteiger partial charge in [0.1, 0.15) is 11.5 Å². The van der Waals surface area contributed by atoms with Crippen LogP contribution < -0.4 is 5.48 Å². The van der Waals surface area contributed by atoms with Gasteiger partial charge in [-0.2, -0.15) is 5.10 Å². The number of hydrogen-bond donors (Lipinski definition) is 3. The van der Waals surface area contributed by atoms with Crippen molar-refractivity contribution in [3.8, 4) is 22.4 Å². The van der Waals surface area contributed by atoms with Crippen LogP contribution in [0, 0.1) is 0 Å². The first-order chi connectivity index (χ1) is 11.3. The molecule has 4 aromatic rings. The summed E-state index contributed by atoms with van der Waals surface area (Å²) in [4.78, 5) is 7.07. The van der Waals surface area contributed by atoms with Crippen LogP contribution in [0.3, 0.4) is 0 Å². The van der Waals surface area contributed by atoms with E-state index < -0.39 is 0 Å². The van der Waals surface area contributed by atoms with E-state index in [1.807, 2.05) is 48.4 Å². The van der Waals surface area contributed by atoms with Crippen molar-refractivity contribution in [1.29, 1.82) is 0 Å². The highest BCUT2D eigenvalue weighted by atomic mass is 16.5. The maximum absolute atomic E-state index is 9.11. The van der Waals surface area contributed by atoms with Gasteiger partial charge in [0.2, 0.25) is 0 Å². The van der Waals surface area contributed by atoms with Gasteiger partial charge >= 0.3 is 0 Å². The van der Waals surface area contributed by atoms with Gasteiger partial charge in [-0.3, -0.25) is 20.4 Å². The predicted molar refractivity (Wildman–Crippen MR) is 89.1 cm³/mol. The van der Waals surface area contributed by atoms with E-state index in [-0.39, 0.29) is 0 Å². The molecule has 0 fully saturated rings. The third-order valence-corrected chi connectivity index (χ3v) is 3.90. The Morgan fingerprint density at radius 2 is 1.96 bits per heavy atom. The Labute approximate surface area is 132 Å². The van der Waals surface area contributed by atoms with Gasteiger partial charge in [0.25, 0.3) is 0 Å². The van der Waals surface area contributed by atoms with Crippen molar-refractivity contribution in [3.63, 3.8) is 0 Å². The van der Waals surface area contributed by atoms with Crippen LogP contribution >= 0.6 is 0 Å². The van der Waals surface area contributed by atoms with Gasteiger partial charge in [0, 0.05) is 53.7 Å². The summed E-state index contributed by atoms with van der Waals surface area (Å²) < 4.78 is 1.81. The minimum absolute atomic E-state index is 0.590. The lowest BCUT2D eigenvalue weighted by atomic mass is 10.0. The fourth-order valence-corrected chi connectivity index (χ4v) is 2.82. The monoisotopic (exact) mass is 305 g/mol. The average molecular weight is 305 g/mol. The molecule has 1 aromatic carbocycles. The van der Waals surface area contributed by atoms with E-state index in [0.717, 1.165) is 33.2 Å². The van der Waals surface area contributed by atoms with Crippen molar-refractivity contribution >= 4 is 16.6 Å². The SMILES string of the molecule is Cn1cc(-c2ccc3c(NO)[nH]cc3c2)c(-c2ccncc2)n1. The zero-order valence-corrected chi connectivity index (χ0v) is 12.5. The Morgan fingerprint density at radius 3 is 2.74 bits per heavy atom. The van der Waals surface area contributed by atoms with Crippen molar-refractivity contribution in [3.05, 3.63) is 55.1 Å². The molecule has 0 aliphatic carbocycles. The fourth-order valence-electron chi connectivity index (χ4n) is 2.82. The molecule has 0 amide bonds. The van der Waals surface area contributed by atoms with Crippen molar-refractivity contribution in [1.82, 2.24) is 19.7 Å². The Balaban J connectivity index is 1.88. The summed E-state index contributed by atoms with van der Waals surface area (Å²) in [7, 11) is 1.91. The molecule has 3 aromatic heterocycles. The summed E-state index contributed by atoms with van der Waals surface area (Å²) in [6.07, 6.45) is 7.40. The molecule has 0 unspecified atom stereocenters. The zero-order valence-electron chi connectivity index (χ0n) is 12.5. The molecule has 0 radical (unpaired) electrons. The number of aromatic amines is 1. The second-order valence-electron chi connectivity index (χ2n) is 5.38. The Bertz CT molecular complexity index is 971. The van der Waals surface area contributed by atoms with Gasteiger partial charge in [-0.1, -0.05) is 6.07 Å².